The minimum atomic E-state index is -0.499. The summed E-state index contributed by atoms with van der Waals surface area (Å²) in [5.41, 5.74) is -0.0862. The Labute approximate surface area is 133 Å². The molecular weight excluding hydrogens is 301 g/mol. The van der Waals surface area contributed by atoms with Crippen LogP contribution >= 0.6 is 11.3 Å². The lowest BCUT2D eigenvalue weighted by Crippen LogP contribution is -2.41. The third-order valence-electron chi connectivity index (χ3n) is 4.24. The Morgan fingerprint density at radius 2 is 1.86 bits per heavy atom. The van der Waals surface area contributed by atoms with E-state index < -0.39 is 18.3 Å². The number of hydrogen-bond acceptors (Lipinski definition) is 6. The Morgan fingerprint density at radius 1 is 1.23 bits per heavy atom. The van der Waals surface area contributed by atoms with Crippen molar-refractivity contribution in [1.82, 2.24) is 4.98 Å². The Morgan fingerprint density at radius 3 is 2.41 bits per heavy atom. The molecule has 0 bridgehead atoms. The Kier molecular flexibility index (Phi) is 3.54. The summed E-state index contributed by atoms with van der Waals surface area (Å²) >= 11 is 1.29. The molecule has 1 aliphatic heterocycles. The van der Waals surface area contributed by atoms with E-state index in [1.165, 1.54) is 17.6 Å². The van der Waals surface area contributed by atoms with E-state index in [1.54, 1.807) is 12.1 Å². The normalized spacial score (nSPS) is 19.6. The van der Waals surface area contributed by atoms with Crippen molar-refractivity contribution in [3.63, 3.8) is 0 Å². The number of ketones is 1. The van der Waals surface area contributed by atoms with Crippen LogP contribution in [-0.2, 0) is 9.31 Å². The Hall–Kier alpha value is -1.44. The molecule has 3 heterocycles. The molecule has 1 fully saturated rings. The molecule has 7 heteroatoms. The summed E-state index contributed by atoms with van der Waals surface area (Å²) in [5, 5.41) is 0.386. The number of carbonyl (C=O) groups is 1. The molecule has 5 nitrogen and oxygen atoms in total. The van der Waals surface area contributed by atoms with Gasteiger partial charge in [-0.15, -0.1) is 11.3 Å². The fourth-order valence-electron chi connectivity index (χ4n) is 2.19. The topological polar surface area (TPSA) is 61.6 Å². The first-order valence-corrected chi connectivity index (χ1v) is 7.94. The first-order valence-electron chi connectivity index (χ1n) is 7.12. The second kappa shape index (κ2) is 5.04. The zero-order valence-electron chi connectivity index (χ0n) is 13.3. The lowest BCUT2D eigenvalue weighted by molar-refractivity contribution is 0.00578. The number of furan rings is 1. The van der Waals surface area contributed by atoms with Crippen LogP contribution in [0, 0.1) is 6.92 Å². The third-order valence-corrected chi connectivity index (χ3v) is 5.42. The molecule has 0 unspecified atom stereocenters. The zero-order valence-corrected chi connectivity index (χ0v) is 14.1. The number of carbonyl (C=O) groups excluding carboxylic acids is 1. The monoisotopic (exact) mass is 319 g/mol. The van der Waals surface area contributed by atoms with Gasteiger partial charge in [0.05, 0.1) is 22.2 Å². The molecule has 0 atom stereocenters. The van der Waals surface area contributed by atoms with Gasteiger partial charge in [-0.1, -0.05) is 0 Å². The SMILES string of the molecule is Cc1nc(C(=O)c2ccco2)sc1B1OC(C)(C)C(C)(C)O1. The van der Waals surface area contributed by atoms with E-state index >= 15 is 0 Å². The Bertz CT molecular complexity index is 689. The fraction of sp³-hybridized carbons (Fsp3) is 0.467. The van der Waals surface area contributed by atoms with Gasteiger partial charge in [0, 0.05) is 5.69 Å². The van der Waals surface area contributed by atoms with Gasteiger partial charge >= 0.3 is 7.12 Å². The summed E-state index contributed by atoms with van der Waals surface area (Å²) in [4.78, 5) is 16.7. The number of aromatic nitrogens is 1. The van der Waals surface area contributed by atoms with Crippen LogP contribution in [0.5, 0.6) is 0 Å². The van der Waals surface area contributed by atoms with Gasteiger partial charge in [0.1, 0.15) is 0 Å². The Balaban J connectivity index is 1.90. The number of nitrogens with zero attached hydrogens (tertiary/aromatic N) is 1. The van der Waals surface area contributed by atoms with Gasteiger partial charge in [0.25, 0.3) is 5.78 Å². The molecule has 0 spiro atoms. The maximum absolute atomic E-state index is 12.3. The molecule has 1 saturated heterocycles. The minimum Gasteiger partial charge on any atom is -0.461 e. The van der Waals surface area contributed by atoms with Gasteiger partial charge in [0.15, 0.2) is 10.8 Å². The van der Waals surface area contributed by atoms with Gasteiger partial charge < -0.3 is 13.7 Å². The van der Waals surface area contributed by atoms with Crippen molar-refractivity contribution in [3.05, 3.63) is 34.9 Å². The van der Waals surface area contributed by atoms with E-state index in [-0.39, 0.29) is 11.5 Å². The van der Waals surface area contributed by atoms with Gasteiger partial charge in [0.2, 0.25) is 0 Å². The van der Waals surface area contributed by atoms with Crippen LogP contribution in [0.3, 0.4) is 0 Å². The highest BCUT2D eigenvalue weighted by Crippen LogP contribution is 2.37. The lowest BCUT2D eigenvalue weighted by Gasteiger charge is -2.32. The van der Waals surface area contributed by atoms with Crippen LogP contribution in [0.15, 0.2) is 22.8 Å². The molecule has 1 aliphatic rings. The number of aryl methyl sites for hydroxylation is 1. The minimum absolute atomic E-state index is 0.221. The molecule has 0 N–H and O–H groups in total. The molecule has 0 amide bonds. The number of hydrogen-bond donors (Lipinski definition) is 0. The van der Waals surface area contributed by atoms with Crippen molar-refractivity contribution in [3.8, 4) is 0 Å². The summed E-state index contributed by atoms with van der Waals surface area (Å²) in [6.45, 7) is 9.85. The maximum Gasteiger partial charge on any atom is 0.507 e. The number of thiazole rings is 1. The third kappa shape index (κ3) is 2.43. The van der Waals surface area contributed by atoms with E-state index in [0.29, 0.717) is 5.01 Å². The highest BCUT2D eigenvalue weighted by atomic mass is 32.1. The van der Waals surface area contributed by atoms with Crippen molar-refractivity contribution in [2.24, 2.45) is 0 Å². The summed E-state index contributed by atoms with van der Waals surface area (Å²) in [6.07, 6.45) is 1.48. The highest BCUT2D eigenvalue weighted by Gasteiger charge is 2.53. The zero-order chi connectivity index (χ0) is 16.1. The van der Waals surface area contributed by atoms with E-state index in [2.05, 4.69) is 4.98 Å². The van der Waals surface area contributed by atoms with Crippen molar-refractivity contribution in [1.29, 1.82) is 0 Å². The van der Waals surface area contributed by atoms with Crippen LogP contribution in [0.25, 0.3) is 0 Å². The molecular formula is C15H18BNO4S. The van der Waals surface area contributed by atoms with Crippen LogP contribution in [-0.4, -0.2) is 29.1 Å². The molecule has 0 aromatic carbocycles. The second-order valence-electron chi connectivity index (χ2n) is 6.36. The van der Waals surface area contributed by atoms with Crippen LogP contribution in [0.2, 0.25) is 0 Å². The predicted molar refractivity (Wildman–Crippen MR) is 84.7 cm³/mol. The molecule has 2 aromatic heterocycles. The lowest BCUT2D eigenvalue weighted by atomic mass is 9.86. The second-order valence-corrected chi connectivity index (χ2v) is 7.39. The standard InChI is InChI=1S/C15H18BNO4S/c1-9-12(16-20-14(2,3)15(4,5)21-16)22-13(17-9)11(18)10-7-6-8-19-10/h6-8H,1-5H3. The van der Waals surface area contributed by atoms with E-state index in [4.69, 9.17) is 13.7 Å². The summed E-state index contributed by atoms with van der Waals surface area (Å²) in [7, 11) is -0.499. The smallest absolute Gasteiger partial charge is 0.461 e. The molecule has 116 valence electrons. The first-order chi connectivity index (χ1) is 10.2. The summed E-state index contributed by atoms with van der Waals surface area (Å²) in [6, 6.07) is 3.32. The van der Waals surface area contributed by atoms with Crippen molar-refractivity contribution >= 4 is 29.0 Å². The molecule has 0 radical (unpaired) electrons. The van der Waals surface area contributed by atoms with E-state index in [1.807, 2.05) is 34.6 Å². The maximum atomic E-state index is 12.3. The van der Waals surface area contributed by atoms with Crippen LogP contribution < -0.4 is 4.78 Å². The van der Waals surface area contributed by atoms with Crippen LogP contribution in [0.1, 0.15) is 49.0 Å². The fourth-order valence-corrected chi connectivity index (χ4v) is 3.16. The van der Waals surface area contributed by atoms with Crippen molar-refractivity contribution in [2.45, 2.75) is 45.8 Å². The largest absolute Gasteiger partial charge is 0.507 e. The predicted octanol–water partition coefficient (Wildman–Crippen LogP) is 2.57. The molecule has 22 heavy (non-hydrogen) atoms. The van der Waals surface area contributed by atoms with Crippen molar-refractivity contribution < 1.29 is 18.5 Å². The van der Waals surface area contributed by atoms with Crippen molar-refractivity contribution in [2.75, 3.05) is 0 Å². The molecule has 0 aliphatic carbocycles. The molecule has 2 aromatic rings. The summed E-state index contributed by atoms with van der Waals surface area (Å²) < 4.78 is 18.0. The first kappa shape index (κ1) is 15.5. The van der Waals surface area contributed by atoms with Gasteiger partial charge in [-0.25, -0.2) is 4.98 Å². The van der Waals surface area contributed by atoms with Gasteiger partial charge in [-0.05, 0) is 46.8 Å². The van der Waals surface area contributed by atoms with Gasteiger partial charge in [-0.3, -0.25) is 4.79 Å². The average molecular weight is 319 g/mol. The summed E-state index contributed by atoms with van der Waals surface area (Å²) in [5.74, 6) is 0.0649. The molecule has 3 rings (SSSR count). The van der Waals surface area contributed by atoms with E-state index in [0.717, 1.165) is 10.5 Å². The van der Waals surface area contributed by atoms with Gasteiger partial charge in [-0.2, -0.15) is 0 Å². The van der Waals surface area contributed by atoms with Crippen LogP contribution in [0.4, 0.5) is 0 Å². The van der Waals surface area contributed by atoms with E-state index in [9.17, 15) is 4.79 Å². The number of rotatable bonds is 3. The molecule has 0 saturated carbocycles. The average Bonchev–Trinajstić information content (AvgIpc) is 3.08. The highest BCUT2D eigenvalue weighted by molar-refractivity contribution is 7.23. The quantitative estimate of drug-likeness (QED) is 0.643.